The number of rotatable bonds is 10. The van der Waals surface area contributed by atoms with Crippen LogP contribution in [0.25, 0.3) is 11.1 Å². The van der Waals surface area contributed by atoms with Gasteiger partial charge in [0.2, 0.25) is 5.95 Å². The molecule has 2 saturated heterocycles. The van der Waals surface area contributed by atoms with Crippen LogP contribution in [0.15, 0.2) is 48.9 Å². The fourth-order valence-electron chi connectivity index (χ4n) is 6.10. The van der Waals surface area contributed by atoms with Crippen LogP contribution in [-0.2, 0) is 4.79 Å². The van der Waals surface area contributed by atoms with E-state index in [-0.39, 0.29) is 23.6 Å². The van der Waals surface area contributed by atoms with E-state index in [0.717, 1.165) is 17.5 Å². The number of aliphatic hydroxyl groups is 1. The number of pyridine rings is 1. The summed E-state index contributed by atoms with van der Waals surface area (Å²) in [5, 5.41) is 22.7. The molecule has 2 aromatic heterocycles. The van der Waals surface area contributed by atoms with Crippen molar-refractivity contribution in [3.8, 4) is 16.9 Å². The van der Waals surface area contributed by atoms with Crippen molar-refractivity contribution in [2.75, 3.05) is 36.4 Å². The zero-order valence-corrected chi connectivity index (χ0v) is 23.3. The molecular weight excluding hydrogens is 541 g/mol. The molecule has 2 atom stereocenters. The van der Waals surface area contributed by atoms with Gasteiger partial charge in [0.15, 0.2) is 11.6 Å². The van der Waals surface area contributed by atoms with Gasteiger partial charge >= 0.3 is 5.97 Å². The van der Waals surface area contributed by atoms with Gasteiger partial charge in [-0.05, 0) is 74.9 Å². The van der Waals surface area contributed by atoms with Crippen molar-refractivity contribution >= 4 is 23.4 Å². The van der Waals surface area contributed by atoms with E-state index in [1.54, 1.807) is 42.9 Å². The second-order valence-electron chi connectivity index (χ2n) is 11.4. The first-order valence-corrected chi connectivity index (χ1v) is 14.5. The van der Waals surface area contributed by atoms with Gasteiger partial charge < -0.3 is 30.9 Å². The smallest absolute Gasteiger partial charge is 0.324 e. The number of nitrogens with two attached hydrogens (primary N) is 1. The molecule has 1 aromatic carbocycles. The van der Waals surface area contributed by atoms with Crippen molar-refractivity contribution in [3.63, 3.8) is 0 Å². The number of ether oxygens (including phenoxy) is 1. The predicted molar refractivity (Wildman–Crippen MR) is 155 cm³/mol. The van der Waals surface area contributed by atoms with E-state index >= 15 is 4.39 Å². The Bertz CT molecular complexity index is 1410. The molecule has 2 unspecified atom stereocenters. The lowest BCUT2D eigenvalue weighted by Crippen LogP contribution is -2.49. The molecule has 5 N–H and O–H groups in total. The van der Waals surface area contributed by atoms with E-state index in [4.69, 9.17) is 10.5 Å². The number of carboxylic acid groups (broad SMARTS) is 1. The summed E-state index contributed by atoms with van der Waals surface area (Å²) in [7, 11) is 0. The van der Waals surface area contributed by atoms with Crippen molar-refractivity contribution < 1.29 is 24.1 Å². The third-order valence-electron chi connectivity index (χ3n) is 8.57. The highest BCUT2D eigenvalue weighted by Gasteiger charge is 2.55. The number of piperidine rings is 1. The fraction of sp³-hybridized carbons (Fsp3) is 0.467. The van der Waals surface area contributed by atoms with Crippen LogP contribution < -0.4 is 20.7 Å². The van der Waals surface area contributed by atoms with Crippen LogP contribution >= 0.6 is 0 Å². The van der Waals surface area contributed by atoms with Gasteiger partial charge in [-0.1, -0.05) is 6.07 Å². The number of hydrogen-bond acceptors (Lipinski definition) is 10. The number of carbonyl (C=O) groups is 1. The normalized spacial score (nSPS) is 22.2. The van der Waals surface area contributed by atoms with E-state index in [0.29, 0.717) is 70.0 Å². The molecule has 0 spiro atoms. The van der Waals surface area contributed by atoms with Crippen LogP contribution in [0.1, 0.15) is 38.5 Å². The molecule has 3 aliphatic rings. The number of nitrogens with zero attached hydrogens (tertiary/aromatic N) is 5. The maximum Gasteiger partial charge on any atom is 0.324 e. The minimum atomic E-state index is -0.756. The number of aliphatic hydroxyl groups excluding tert-OH is 1. The van der Waals surface area contributed by atoms with Crippen LogP contribution in [0, 0.1) is 5.82 Å². The molecule has 42 heavy (non-hydrogen) atoms. The number of aromatic nitrogens is 3. The van der Waals surface area contributed by atoms with Crippen LogP contribution in [0.5, 0.6) is 5.75 Å². The first kappa shape index (κ1) is 28.3. The molecule has 0 bridgehead atoms. The van der Waals surface area contributed by atoms with Crippen LogP contribution in [0.4, 0.5) is 21.8 Å². The largest absolute Gasteiger partial charge is 0.487 e. The Kier molecular flexibility index (Phi) is 7.93. The van der Waals surface area contributed by atoms with E-state index in [9.17, 15) is 15.0 Å². The first-order chi connectivity index (χ1) is 20.4. The van der Waals surface area contributed by atoms with Gasteiger partial charge in [-0.2, -0.15) is 0 Å². The highest BCUT2D eigenvalue weighted by atomic mass is 19.1. The third-order valence-corrected chi connectivity index (χ3v) is 8.57. The molecule has 1 saturated carbocycles. The Morgan fingerprint density at radius 3 is 2.60 bits per heavy atom. The van der Waals surface area contributed by atoms with Crippen molar-refractivity contribution in [2.45, 2.75) is 62.3 Å². The number of aliphatic carboxylic acids is 1. The summed E-state index contributed by atoms with van der Waals surface area (Å²) in [6.07, 6.45) is 8.55. The zero-order valence-electron chi connectivity index (χ0n) is 23.3. The summed E-state index contributed by atoms with van der Waals surface area (Å²) in [5.74, 6) is -0.107. The van der Waals surface area contributed by atoms with Gasteiger partial charge in [0.25, 0.3) is 0 Å². The maximum atomic E-state index is 15.5. The van der Waals surface area contributed by atoms with Gasteiger partial charge in [0.1, 0.15) is 17.5 Å². The highest BCUT2D eigenvalue weighted by Crippen LogP contribution is 2.43. The maximum absolute atomic E-state index is 15.5. The Balaban J connectivity index is 1.10. The van der Waals surface area contributed by atoms with Gasteiger partial charge in [-0.3, -0.25) is 9.69 Å². The molecule has 12 heteroatoms. The second kappa shape index (κ2) is 11.8. The van der Waals surface area contributed by atoms with Crippen molar-refractivity contribution in [1.82, 2.24) is 19.9 Å². The molecule has 222 valence electrons. The molecule has 2 aliphatic heterocycles. The summed E-state index contributed by atoms with van der Waals surface area (Å²) in [4.78, 5) is 29.1. The minimum absolute atomic E-state index is 0.113. The summed E-state index contributed by atoms with van der Waals surface area (Å²) >= 11 is 0. The van der Waals surface area contributed by atoms with E-state index in [2.05, 4.69) is 20.3 Å². The molecular formula is C30H36FN7O4. The van der Waals surface area contributed by atoms with Crippen LogP contribution in [0.2, 0.25) is 0 Å². The molecule has 1 aliphatic carbocycles. The Morgan fingerprint density at radius 1 is 1.14 bits per heavy atom. The highest BCUT2D eigenvalue weighted by molar-refractivity contribution is 5.82. The lowest BCUT2D eigenvalue weighted by Gasteiger charge is -2.36. The average molecular weight is 578 g/mol. The number of benzene rings is 1. The third kappa shape index (κ3) is 5.74. The second-order valence-corrected chi connectivity index (χ2v) is 11.4. The summed E-state index contributed by atoms with van der Waals surface area (Å²) < 4.78 is 21.5. The number of nitrogens with one attached hydrogen (secondary N) is 1. The standard InChI is InChI=1S/C30H36FN7O4/c31-27-24(2-1-3-25(27)42-23-6-12-37(13-7-23)30(8-9-30)28(40)41)36-26-14-19(5-11-33-26)20-16-34-29(35-17-20)38-18-22(39)15-21(38)4-10-32/h1-3,5,11,14,16-17,21-23,39H,4,6-10,12-13,15,18,32H2,(H,33,36)(H,40,41). The summed E-state index contributed by atoms with van der Waals surface area (Å²) in [6.45, 7) is 2.24. The molecule has 0 radical (unpaired) electrons. The summed E-state index contributed by atoms with van der Waals surface area (Å²) in [6, 6.07) is 8.70. The monoisotopic (exact) mass is 577 g/mol. The molecule has 3 aromatic rings. The minimum Gasteiger partial charge on any atom is -0.487 e. The van der Waals surface area contributed by atoms with E-state index in [1.165, 1.54) is 0 Å². The van der Waals surface area contributed by atoms with Gasteiger partial charge in [-0.15, -0.1) is 0 Å². The lowest BCUT2D eigenvalue weighted by molar-refractivity contribution is -0.146. The number of β-amino-alcohol motifs (C(OH)–C–C–N with tert-alkyl or cyclic N) is 1. The first-order valence-electron chi connectivity index (χ1n) is 14.5. The topological polar surface area (TPSA) is 150 Å². The van der Waals surface area contributed by atoms with Crippen LogP contribution in [-0.4, -0.2) is 86.0 Å². The molecule has 0 amide bonds. The number of hydrogen-bond donors (Lipinski definition) is 4. The quantitative estimate of drug-likeness (QED) is 0.281. The van der Waals surface area contributed by atoms with Crippen molar-refractivity contribution in [3.05, 3.63) is 54.7 Å². The number of likely N-dealkylation sites (tertiary alicyclic amines) is 1. The van der Waals surface area contributed by atoms with Crippen molar-refractivity contribution in [1.29, 1.82) is 0 Å². The molecule has 6 rings (SSSR count). The molecule has 11 nitrogen and oxygen atoms in total. The van der Waals surface area contributed by atoms with Crippen molar-refractivity contribution in [2.24, 2.45) is 5.73 Å². The van der Waals surface area contributed by atoms with E-state index in [1.807, 2.05) is 15.9 Å². The average Bonchev–Trinajstić information content (AvgIpc) is 3.73. The Labute approximate surface area is 243 Å². The van der Waals surface area contributed by atoms with Gasteiger partial charge in [-0.25, -0.2) is 19.3 Å². The Morgan fingerprint density at radius 2 is 1.90 bits per heavy atom. The molecule has 3 fully saturated rings. The lowest BCUT2D eigenvalue weighted by atomic mass is 10.0. The SMILES string of the molecule is NCCC1CC(O)CN1c1ncc(-c2ccnc(Nc3cccc(OC4CCN(C5(C(=O)O)CC5)CC4)c3F)c2)cn1. The zero-order chi connectivity index (χ0) is 29.3. The molecule has 4 heterocycles. The number of anilines is 3. The van der Waals surface area contributed by atoms with Gasteiger partial charge in [0.05, 0.1) is 11.8 Å². The number of carboxylic acids is 1. The van der Waals surface area contributed by atoms with Crippen LogP contribution in [0.3, 0.4) is 0 Å². The Hall–Kier alpha value is -3.87. The van der Waals surface area contributed by atoms with Gasteiger partial charge in [0, 0.05) is 49.8 Å². The number of halogens is 1. The summed E-state index contributed by atoms with van der Waals surface area (Å²) in [5.41, 5.74) is 6.86. The van der Waals surface area contributed by atoms with E-state index < -0.39 is 23.4 Å². The fourth-order valence-corrected chi connectivity index (χ4v) is 6.10. The predicted octanol–water partition coefficient (Wildman–Crippen LogP) is 3.17.